The summed E-state index contributed by atoms with van der Waals surface area (Å²) in [6.07, 6.45) is 0.792. The second kappa shape index (κ2) is 4.40. The van der Waals surface area contributed by atoms with E-state index in [1.54, 1.807) is 6.07 Å². The van der Waals surface area contributed by atoms with Crippen molar-refractivity contribution in [3.63, 3.8) is 0 Å². The minimum Gasteiger partial charge on any atom is -0.508 e. The summed E-state index contributed by atoms with van der Waals surface area (Å²) >= 11 is 0. The molecule has 0 unspecified atom stereocenters. The summed E-state index contributed by atoms with van der Waals surface area (Å²) in [4.78, 5) is 0. The maximum atomic E-state index is 9.79. The maximum absolute atomic E-state index is 9.79. The largest absolute Gasteiger partial charge is 0.508 e. The fourth-order valence-electron chi connectivity index (χ4n) is 1.87. The van der Waals surface area contributed by atoms with Gasteiger partial charge in [-0.15, -0.1) is 0 Å². The molecule has 0 fully saturated rings. The third-order valence-electron chi connectivity index (χ3n) is 2.88. The second-order valence-corrected chi connectivity index (χ2v) is 4.24. The van der Waals surface area contributed by atoms with Crippen molar-refractivity contribution in [1.82, 2.24) is 0 Å². The molecule has 16 heavy (non-hydrogen) atoms. The average Bonchev–Trinajstić information content (AvgIpc) is 2.27. The van der Waals surface area contributed by atoms with Gasteiger partial charge in [-0.2, -0.15) is 0 Å². The molecule has 0 saturated carbocycles. The van der Waals surface area contributed by atoms with E-state index in [0.717, 1.165) is 12.0 Å². The van der Waals surface area contributed by atoms with Crippen LogP contribution in [0.3, 0.4) is 0 Å². The molecule has 0 spiro atoms. The van der Waals surface area contributed by atoms with Gasteiger partial charge in [0.25, 0.3) is 0 Å². The number of aryl methyl sites for hydroxylation is 2. The van der Waals surface area contributed by atoms with Crippen LogP contribution >= 0.6 is 0 Å². The van der Waals surface area contributed by atoms with Gasteiger partial charge in [-0.3, -0.25) is 0 Å². The van der Waals surface area contributed by atoms with Crippen LogP contribution in [-0.2, 0) is 6.42 Å². The van der Waals surface area contributed by atoms with Gasteiger partial charge < -0.3 is 5.11 Å². The van der Waals surface area contributed by atoms with E-state index in [2.05, 4.69) is 19.1 Å². The molecule has 2 aromatic rings. The summed E-state index contributed by atoms with van der Waals surface area (Å²) in [5.41, 5.74) is 4.71. The number of benzene rings is 2. The third kappa shape index (κ3) is 2.25. The molecule has 0 radical (unpaired) electrons. The molecular formula is C15H16O. The number of rotatable bonds is 2. The van der Waals surface area contributed by atoms with Crippen molar-refractivity contribution in [3.8, 4) is 5.75 Å². The number of hydrogen-bond donors (Lipinski definition) is 1. The number of hydrogen-bond acceptors (Lipinski definition) is 1. The first-order valence-electron chi connectivity index (χ1n) is 5.50. The van der Waals surface area contributed by atoms with Crippen molar-refractivity contribution in [2.24, 2.45) is 0 Å². The zero-order chi connectivity index (χ0) is 11.5. The van der Waals surface area contributed by atoms with Gasteiger partial charge in [0.05, 0.1) is 0 Å². The Morgan fingerprint density at radius 3 is 2.44 bits per heavy atom. The summed E-state index contributed by atoms with van der Waals surface area (Å²) in [6, 6.07) is 14.0. The van der Waals surface area contributed by atoms with Gasteiger partial charge in [0, 0.05) is 6.42 Å². The monoisotopic (exact) mass is 212 g/mol. The van der Waals surface area contributed by atoms with Crippen molar-refractivity contribution in [2.45, 2.75) is 20.3 Å². The third-order valence-corrected chi connectivity index (χ3v) is 2.88. The highest BCUT2D eigenvalue weighted by atomic mass is 16.3. The van der Waals surface area contributed by atoms with Crippen molar-refractivity contribution >= 4 is 0 Å². The molecule has 0 saturated heterocycles. The van der Waals surface area contributed by atoms with Crippen LogP contribution in [-0.4, -0.2) is 5.11 Å². The lowest BCUT2D eigenvalue weighted by atomic mass is 9.99. The SMILES string of the molecule is Cc1ccc(O)c(Cc2ccccc2C)c1. The highest BCUT2D eigenvalue weighted by Crippen LogP contribution is 2.22. The van der Waals surface area contributed by atoms with Crippen LogP contribution in [0.5, 0.6) is 5.75 Å². The van der Waals surface area contributed by atoms with E-state index in [9.17, 15) is 5.11 Å². The van der Waals surface area contributed by atoms with Crippen molar-refractivity contribution in [2.75, 3.05) is 0 Å². The second-order valence-electron chi connectivity index (χ2n) is 4.24. The molecular weight excluding hydrogens is 196 g/mol. The molecule has 0 atom stereocenters. The summed E-state index contributed by atoms with van der Waals surface area (Å²) in [6.45, 7) is 4.14. The van der Waals surface area contributed by atoms with Gasteiger partial charge in [0.2, 0.25) is 0 Å². The number of aromatic hydroxyl groups is 1. The van der Waals surface area contributed by atoms with Crippen LogP contribution in [0, 0.1) is 13.8 Å². The van der Waals surface area contributed by atoms with Gasteiger partial charge in [0.1, 0.15) is 5.75 Å². The quantitative estimate of drug-likeness (QED) is 0.806. The lowest BCUT2D eigenvalue weighted by Gasteiger charge is -2.08. The summed E-state index contributed by atoms with van der Waals surface area (Å²) < 4.78 is 0. The Hall–Kier alpha value is -1.76. The van der Waals surface area contributed by atoms with Crippen LogP contribution in [0.2, 0.25) is 0 Å². The summed E-state index contributed by atoms with van der Waals surface area (Å²) in [7, 11) is 0. The first-order valence-corrected chi connectivity index (χ1v) is 5.50. The lowest BCUT2D eigenvalue weighted by Crippen LogP contribution is -1.92. The average molecular weight is 212 g/mol. The Bertz CT molecular complexity index is 501. The standard InChI is InChI=1S/C15H16O/c1-11-7-8-15(16)14(9-11)10-13-6-4-3-5-12(13)2/h3-9,16H,10H2,1-2H3. The predicted octanol–water partition coefficient (Wildman–Crippen LogP) is 3.60. The van der Waals surface area contributed by atoms with Gasteiger partial charge in [-0.25, -0.2) is 0 Å². The summed E-state index contributed by atoms with van der Waals surface area (Å²) in [5.74, 6) is 0.383. The van der Waals surface area contributed by atoms with Gasteiger partial charge in [0.15, 0.2) is 0 Å². The van der Waals surface area contributed by atoms with Gasteiger partial charge >= 0.3 is 0 Å². The van der Waals surface area contributed by atoms with E-state index in [-0.39, 0.29) is 0 Å². The topological polar surface area (TPSA) is 20.2 Å². The van der Waals surface area contributed by atoms with Crippen molar-refractivity contribution in [3.05, 3.63) is 64.7 Å². The molecule has 2 aromatic carbocycles. The molecule has 0 heterocycles. The van der Waals surface area contributed by atoms with E-state index in [1.807, 2.05) is 31.2 Å². The molecule has 82 valence electrons. The molecule has 0 aliphatic heterocycles. The lowest BCUT2D eigenvalue weighted by molar-refractivity contribution is 0.469. The zero-order valence-corrected chi connectivity index (χ0v) is 9.70. The van der Waals surface area contributed by atoms with E-state index >= 15 is 0 Å². The Labute approximate surface area is 96.4 Å². The van der Waals surface area contributed by atoms with Crippen molar-refractivity contribution < 1.29 is 5.11 Å². The first-order chi connectivity index (χ1) is 7.66. The van der Waals surface area contributed by atoms with Crippen LogP contribution in [0.15, 0.2) is 42.5 Å². The number of phenolic OH excluding ortho intramolecular Hbond substituents is 1. The van der Waals surface area contributed by atoms with Crippen LogP contribution in [0.25, 0.3) is 0 Å². The molecule has 0 aliphatic rings. The minimum absolute atomic E-state index is 0.383. The fourth-order valence-corrected chi connectivity index (χ4v) is 1.87. The Kier molecular flexibility index (Phi) is 2.95. The van der Waals surface area contributed by atoms with E-state index in [4.69, 9.17) is 0 Å². The molecule has 0 amide bonds. The van der Waals surface area contributed by atoms with Crippen LogP contribution in [0.4, 0.5) is 0 Å². The zero-order valence-electron chi connectivity index (χ0n) is 9.70. The predicted molar refractivity (Wildman–Crippen MR) is 66.8 cm³/mol. The molecule has 0 aromatic heterocycles. The fraction of sp³-hybridized carbons (Fsp3) is 0.200. The van der Waals surface area contributed by atoms with Gasteiger partial charge in [-0.05, 0) is 36.6 Å². The maximum Gasteiger partial charge on any atom is 0.119 e. The van der Waals surface area contributed by atoms with Crippen LogP contribution < -0.4 is 0 Å². The van der Waals surface area contributed by atoms with E-state index < -0.39 is 0 Å². The van der Waals surface area contributed by atoms with Gasteiger partial charge in [-0.1, -0.05) is 42.0 Å². The Morgan fingerprint density at radius 2 is 1.69 bits per heavy atom. The molecule has 2 rings (SSSR count). The molecule has 1 nitrogen and oxygen atoms in total. The molecule has 0 aliphatic carbocycles. The minimum atomic E-state index is 0.383. The van der Waals surface area contributed by atoms with Crippen LogP contribution in [0.1, 0.15) is 22.3 Å². The smallest absolute Gasteiger partial charge is 0.119 e. The van der Waals surface area contributed by atoms with E-state index in [1.165, 1.54) is 16.7 Å². The molecule has 1 heteroatoms. The molecule has 0 bridgehead atoms. The van der Waals surface area contributed by atoms with E-state index in [0.29, 0.717) is 5.75 Å². The summed E-state index contributed by atoms with van der Waals surface area (Å²) in [5, 5.41) is 9.79. The number of phenols is 1. The Balaban J connectivity index is 2.34. The highest BCUT2D eigenvalue weighted by molar-refractivity contribution is 5.40. The highest BCUT2D eigenvalue weighted by Gasteiger charge is 2.04. The molecule has 1 N–H and O–H groups in total. The van der Waals surface area contributed by atoms with Crippen molar-refractivity contribution in [1.29, 1.82) is 0 Å². The normalized spacial score (nSPS) is 10.4. The first kappa shape index (κ1) is 10.7. The Morgan fingerprint density at radius 1 is 0.938 bits per heavy atom.